The van der Waals surface area contributed by atoms with E-state index in [1.807, 2.05) is 32.0 Å². The molecule has 1 aliphatic heterocycles. The summed E-state index contributed by atoms with van der Waals surface area (Å²) < 4.78 is 0. The van der Waals surface area contributed by atoms with Gasteiger partial charge in [0.15, 0.2) is 0 Å². The van der Waals surface area contributed by atoms with Crippen LogP contribution in [0.25, 0.3) is 0 Å². The molecule has 0 bridgehead atoms. The topological polar surface area (TPSA) is 35.7 Å². The number of benzene rings is 1. The Morgan fingerprint density at radius 1 is 0.913 bits per heavy atom. The standard InChI is InChI=1S/C11H17N3.C6H15N.C2H6/c1-13-6-8-14(9-7-13)11-5-3-2-4-10(11)12;1-4-7(5-2)6-3;1-2/h2-5H,6-9,12H2,1H3;4-6H2,1-3H3;1-2H3. The number of hydrogen-bond donors (Lipinski definition) is 1. The van der Waals surface area contributed by atoms with Crippen LogP contribution in [0.2, 0.25) is 0 Å². The Morgan fingerprint density at radius 2 is 1.39 bits per heavy atom. The lowest BCUT2D eigenvalue weighted by Crippen LogP contribution is -2.44. The van der Waals surface area contributed by atoms with Crippen LogP contribution in [0, 0.1) is 0 Å². The fraction of sp³-hybridized carbons (Fsp3) is 0.684. The number of nitrogen functional groups attached to an aromatic ring is 1. The van der Waals surface area contributed by atoms with Crippen molar-refractivity contribution in [2.75, 3.05) is 63.5 Å². The van der Waals surface area contributed by atoms with Gasteiger partial charge in [-0.3, -0.25) is 0 Å². The highest BCUT2D eigenvalue weighted by Crippen LogP contribution is 2.23. The molecule has 0 radical (unpaired) electrons. The largest absolute Gasteiger partial charge is 0.397 e. The zero-order chi connectivity index (χ0) is 17.7. The quantitative estimate of drug-likeness (QED) is 0.862. The van der Waals surface area contributed by atoms with Crippen molar-refractivity contribution in [1.82, 2.24) is 9.80 Å². The third-order valence-corrected chi connectivity index (χ3v) is 4.12. The predicted octanol–water partition coefficient (Wildman–Crippen LogP) is 3.39. The van der Waals surface area contributed by atoms with Gasteiger partial charge >= 0.3 is 0 Å². The van der Waals surface area contributed by atoms with Gasteiger partial charge in [-0.25, -0.2) is 0 Å². The van der Waals surface area contributed by atoms with Crippen LogP contribution < -0.4 is 10.6 Å². The molecule has 2 rings (SSSR count). The van der Waals surface area contributed by atoms with Crippen LogP contribution in [0.15, 0.2) is 24.3 Å². The average Bonchev–Trinajstić information content (AvgIpc) is 2.60. The molecule has 0 aromatic heterocycles. The van der Waals surface area contributed by atoms with Crippen molar-refractivity contribution in [1.29, 1.82) is 0 Å². The van der Waals surface area contributed by atoms with Crippen LogP contribution in [0.4, 0.5) is 11.4 Å². The summed E-state index contributed by atoms with van der Waals surface area (Å²) >= 11 is 0. The molecule has 0 amide bonds. The van der Waals surface area contributed by atoms with Gasteiger partial charge in [0.2, 0.25) is 0 Å². The van der Waals surface area contributed by atoms with E-state index in [0.717, 1.165) is 31.9 Å². The van der Waals surface area contributed by atoms with Crippen molar-refractivity contribution >= 4 is 11.4 Å². The predicted molar refractivity (Wildman–Crippen MR) is 105 cm³/mol. The van der Waals surface area contributed by atoms with Crippen molar-refractivity contribution in [2.24, 2.45) is 0 Å². The first-order valence-corrected chi connectivity index (χ1v) is 9.12. The van der Waals surface area contributed by atoms with E-state index in [-0.39, 0.29) is 0 Å². The molecule has 1 aromatic carbocycles. The molecular weight excluding hydrogens is 284 g/mol. The lowest BCUT2D eigenvalue weighted by atomic mass is 10.2. The minimum atomic E-state index is 0.886. The van der Waals surface area contributed by atoms with Crippen molar-refractivity contribution < 1.29 is 0 Å². The van der Waals surface area contributed by atoms with E-state index in [4.69, 9.17) is 5.73 Å². The van der Waals surface area contributed by atoms with Crippen LogP contribution in [-0.4, -0.2) is 62.7 Å². The molecule has 1 fully saturated rings. The van der Waals surface area contributed by atoms with Gasteiger partial charge < -0.3 is 20.4 Å². The lowest BCUT2D eigenvalue weighted by Gasteiger charge is -2.34. The minimum Gasteiger partial charge on any atom is -0.397 e. The van der Waals surface area contributed by atoms with Gasteiger partial charge in [-0.1, -0.05) is 46.8 Å². The Kier molecular flexibility index (Phi) is 12.5. The molecule has 0 aliphatic carbocycles. The monoisotopic (exact) mass is 322 g/mol. The van der Waals surface area contributed by atoms with E-state index >= 15 is 0 Å². The van der Waals surface area contributed by atoms with E-state index in [1.165, 1.54) is 25.3 Å². The molecule has 2 N–H and O–H groups in total. The first-order valence-electron chi connectivity index (χ1n) is 9.12. The van der Waals surface area contributed by atoms with Gasteiger partial charge in [-0.05, 0) is 38.8 Å². The van der Waals surface area contributed by atoms with Crippen molar-refractivity contribution in [3.05, 3.63) is 24.3 Å². The van der Waals surface area contributed by atoms with Gasteiger partial charge in [-0.15, -0.1) is 0 Å². The van der Waals surface area contributed by atoms with E-state index in [9.17, 15) is 0 Å². The van der Waals surface area contributed by atoms with Gasteiger partial charge in [0.05, 0.1) is 11.4 Å². The molecule has 1 aromatic rings. The zero-order valence-electron chi connectivity index (χ0n) is 16.2. The Hall–Kier alpha value is -1.26. The summed E-state index contributed by atoms with van der Waals surface area (Å²) in [6.45, 7) is 18.5. The third kappa shape index (κ3) is 8.24. The molecule has 4 nitrogen and oxygen atoms in total. The smallest absolute Gasteiger partial charge is 0.0600 e. The van der Waals surface area contributed by atoms with Crippen LogP contribution in [0.3, 0.4) is 0 Å². The van der Waals surface area contributed by atoms with Gasteiger partial charge in [0, 0.05) is 26.2 Å². The summed E-state index contributed by atoms with van der Waals surface area (Å²) in [5.74, 6) is 0. The normalized spacial score (nSPS) is 14.7. The summed E-state index contributed by atoms with van der Waals surface area (Å²) in [6, 6.07) is 8.09. The number of likely N-dealkylation sites (N-methyl/N-ethyl adjacent to an activating group) is 1. The summed E-state index contributed by atoms with van der Waals surface area (Å²) in [6.07, 6.45) is 0. The fourth-order valence-electron chi connectivity index (χ4n) is 2.49. The Bertz CT molecular complexity index is 377. The summed E-state index contributed by atoms with van der Waals surface area (Å²) in [7, 11) is 2.16. The molecule has 0 unspecified atom stereocenters. The zero-order valence-corrected chi connectivity index (χ0v) is 16.2. The maximum Gasteiger partial charge on any atom is 0.0600 e. The molecule has 1 heterocycles. The number of para-hydroxylation sites is 2. The number of hydrogen-bond acceptors (Lipinski definition) is 4. The van der Waals surface area contributed by atoms with E-state index in [1.54, 1.807) is 0 Å². The van der Waals surface area contributed by atoms with Crippen LogP contribution in [-0.2, 0) is 0 Å². The average molecular weight is 323 g/mol. The van der Waals surface area contributed by atoms with Gasteiger partial charge in [0.25, 0.3) is 0 Å². The Morgan fingerprint density at radius 3 is 1.78 bits per heavy atom. The first-order chi connectivity index (χ1) is 11.1. The molecule has 4 heteroatoms. The van der Waals surface area contributed by atoms with E-state index < -0.39 is 0 Å². The molecule has 134 valence electrons. The molecule has 23 heavy (non-hydrogen) atoms. The Balaban J connectivity index is 0.000000460. The van der Waals surface area contributed by atoms with Crippen LogP contribution in [0.1, 0.15) is 34.6 Å². The Labute approximate surface area is 144 Å². The molecule has 0 atom stereocenters. The molecule has 1 saturated heterocycles. The molecular formula is C19H38N4. The molecule has 0 saturated carbocycles. The number of nitrogens with two attached hydrogens (primary N) is 1. The summed E-state index contributed by atoms with van der Waals surface area (Å²) in [5.41, 5.74) is 8.00. The first kappa shape index (κ1) is 21.7. The highest BCUT2D eigenvalue weighted by atomic mass is 15.2. The van der Waals surface area contributed by atoms with Gasteiger partial charge in [-0.2, -0.15) is 0 Å². The second kappa shape index (κ2) is 13.2. The van der Waals surface area contributed by atoms with Gasteiger partial charge in [0.1, 0.15) is 0 Å². The number of anilines is 2. The second-order valence-electron chi connectivity index (χ2n) is 5.47. The summed E-state index contributed by atoms with van der Waals surface area (Å²) in [4.78, 5) is 7.07. The number of nitrogens with zero attached hydrogens (tertiary/aromatic N) is 3. The summed E-state index contributed by atoms with van der Waals surface area (Å²) in [5, 5.41) is 0. The lowest BCUT2D eigenvalue weighted by molar-refractivity contribution is 0.313. The fourth-order valence-corrected chi connectivity index (χ4v) is 2.49. The SMILES string of the molecule is CC.CCN(CC)CC.CN1CCN(c2ccccc2N)CC1. The van der Waals surface area contributed by atoms with Crippen LogP contribution in [0.5, 0.6) is 0 Å². The van der Waals surface area contributed by atoms with Crippen molar-refractivity contribution in [3.8, 4) is 0 Å². The molecule has 1 aliphatic rings. The third-order valence-electron chi connectivity index (χ3n) is 4.12. The van der Waals surface area contributed by atoms with E-state index in [2.05, 4.69) is 48.6 Å². The number of piperazine rings is 1. The second-order valence-corrected chi connectivity index (χ2v) is 5.47. The minimum absolute atomic E-state index is 0.886. The van der Waals surface area contributed by atoms with E-state index in [0.29, 0.717) is 0 Å². The maximum absolute atomic E-state index is 5.93. The highest BCUT2D eigenvalue weighted by Gasteiger charge is 2.15. The van der Waals surface area contributed by atoms with Crippen LogP contribution >= 0.6 is 0 Å². The van der Waals surface area contributed by atoms with Crippen molar-refractivity contribution in [3.63, 3.8) is 0 Å². The maximum atomic E-state index is 5.93. The molecule has 0 spiro atoms. The number of rotatable bonds is 4. The van der Waals surface area contributed by atoms with Crippen molar-refractivity contribution in [2.45, 2.75) is 34.6 Å². The highest BCUT2D eigenvalue weighted by molar-refractivity contribution is 5.67.